The van der Waals surface area contributed by atoms with Crippen LogP contribution in [0.5, 0.6) is 0 Å². The van der Waals surface area contributed by atoms with E-state index >= 15 is 0 Å². The van der Waals surface area contributed by atoms with E-state index in [0.29, 0.717) is 22.6 Å². The standard InChI is InChI=1S/C12H12N2O4/c1-7-9(2-3-10(15)16)12(17)14-11(13-7)8-4-5-18-6-8/h4-6H,2-3H2,1H3,(H,15,16)(H,13,14,17). The lowest BCUT2D eigenvalue weighted by atomic mass is 10.1. The molecule has 2 heterocycles. The normalized spacial score (nSPS) is 10.5. The fourth-order valence-electron chi connectivity index (χ4n) is 1.67. The fourth-order valence-corrected chi connectivity index (χ4v) is 1.67. The van der Waals surface area contributed by atoms with Crippen molar-refractivity contribution in [1.29, 1.82) is 0 Å². The van der Waals surface area contributed by atoms with E-state index in [1.165, 1.54) is 12.5 Å². The Bertz CT molecular complexity index is 614. The first-order valence-corrected chi connectivity index (χ1v) is 5.42. The van der Waals surface area contributed by atoms with E-state index in [9.17, 15) is 9.59 Å². The number of furan rings is 1. The quantitative estimate of drug-likeness (QED) is 0.851. The minimum atomic E-state index is -0.937. The largest absolute Gasteiger partial charge is 0.481 e. The average Bonchev–Trinajstić information content (AvgIpc) is 2.80. The van der Waals surface area contributed by atoms with Crippen molar-refractivity contribution in [2.75, 3.05) is 0 Å². The molecule has 0 spiro atoms. The van der Waals surface area contributed by atoms with Gasteiger partial charge in [-0.25, -0.2) is 4.98 Å². The number of hydrogen-bond acceptors (Lipinski definition) is 4. The topological polar surface area (TPSA) is 96.2 Å². The van der Waals surface area contributed by atoms with E-state index in [1.807, 2.05) is 0 Å². The molecular weight excluding hydrogens is 236 g/mol. The van der Waals surface area contributed by atoms with Crippen molar-refractivity contribution >= 4 is 5.97 Å². The third-order valence-corrected chi connectivity index (χ3v) is 2.61. The number of aromatic nitrogens is 2. The van der Waals surface area contributed by atoms with Gasteiger partial charge < -0.3 is 14.5 Å². The molecule has 2 N–H and O–H groups in total. The molecule has 0 aliphatic heterocycles. The van der Waals surface area contributed by atoms with Crippen LogP contribution in [0.25, 0.3) is 11.4 Å². The van der Waals surface area contributed by atoms with Gasteiger partial charge in [-0.2, -0.15) is 0 Å². The minimum Gasteiger partial charge on any atom is -0.481 e. The van der Waals surface area contributed by atoms with Gasteiger partial charge in [-0.15, -0.1) is 0 Å². The molecule has 2 aromatic rings. The zero-order chi connectivity index (χ0) is 13.1. The summed E-state index contributed by atoms with van der Waals surface area (Å²) in [6, 6.07) is 1.69. The summed E-state index contributed by atoms with van der Waals surface area (Å²) in [6.07, 6.45) is 3.06. The molecule has 0 amide bonds. The molecule has 0 atom stereocenters. The summed E-state index contributed by atoms with van der Waals surface area (Å²) in [4.78, 5) is 29.2. The molecule has 6 heteroatoms. The van der Waals surface area contributed by atoms with Crippen LogP contribution in [0, 0.1) is 6.92 Å². The lowest BCUT2D eigenvalue weighted by molar-refractivity contribution is -0.136. The predicted octanol–water partition coefficient (Wildman–Crippen LogP) is 1.36. The third kappa shape index (κ3) is 2.48. The van der Waals surface area contributed by atoms with Crippen LogP contribution < -0.4 is 5.56 Å². The molecule has 0 unspecified atom stereocenters. The van der Waals surface area contributed by atoms with E-state index in [1.54, 1.807) is 13.0 Å². The van der Waals surface area contributed by atoms with Crippen molar-refractivity contribution in [3.63, 3.8) is 0 Å². The number of carbonyl (C=O) groups is 1. The van der Waals surface area contributed by atoms with Gasteiger partial charge in [-0.3, -0.25) is 9.59 Å². The van der Waals surface area contributed by atoms with Crippen molar-refractivity contribution in [3.05, 3.63) is 40.2 Å². The van der Waals surface area contributed by atoms with E-state index in [2.05, 4.69) is 9.97 Å². The van der Waals surface area contributed by atoms with Crippen LogP contribution in [-0.2, 0) is 11.2 Å². The fraction of sp³-hybridized carbons (Fsp3) is 0.250. The number of H-pyrrole nitrogens is 1. The zero-order valence-electron chi connectivity index (χ0n) is 9.77. The second-order valence-electron chi connectivity index (χ2n) is 3.88. The van der Waals surface area contributed by atoms with Crippen molar-refractivity contribution in [3.8, 4) is 11.4 Å². The van der Waals surface area contributed by atoms with Crippen LogP contribution in [0.4, 0.5) is 0 Å². The summed E-state index contributed by atoms with van der Waals surface area (Å²) in [7, 11) is 0. The predicted molar refractivity (Wildman–Crippen MR) is 63.3 cm³/mol. The van der Waals surface area contributed by atoms with Gasteiger partial charge in [0.15, 0.2) is 0 Å². The Morgan fingerprint density at radius 2 is 2.33 bits per heavy atom. The van der Waals surface area contributed by atoms with Crippen LogP contribution >= 0.6 is 0 Å². The van der Waals surface area contributed by atoms with Crippen LogP contribution in [0.1, 0.15) is 17.7 Å². The molecule has 0 fully saturated rings. The summed E-state index contributed by atoms with van der Waals surface area (Å²) in [6.45, 7) is 1.69. The molecule has 94 valence electrons. The molecule has 0 radical (unpaired) electrons. The molecule has 0 aliphatic rings. The van der Waals surface area contributed by atoms with Gasteiger partial charge in [0.05, 0.1) is 11.8 Å². The second kappa shape index (κ2) is 4.87. The van der Waals surface area contributed by atoms with Gasteiger partial charge in [0.2, 0.25) is 0 Å². The van der Waals surface area contributed by atoms with Gasteiger partial charge in [0.25, 0.3) is 5.56 Å². The SMILES string of the molecule is Cc1nc(-c2ccoc2)[nH]c(=O)c1CCC(=O)O. The van der Waals surface area contributed by atoms with E-state index in [0.717, 1.165) is 0 Å². The Labute approximate surface area is 102 Å². The van der Waals surface area contributed by atoms with Gasteiger partial charge in [-0.1, -0.05) is 0 Å². The maximum Gasteiger partial charge on any atom is 0.303 e. The first-order chi connectivity index (χ1) is 8.58. The summed E-state index contributed by atoms with van der Waals surface area (Å²) >= 11 is 0. The molecule has 0 aromatic carbocycles. The molecule has 2 rings (SSSR count). The number of aliphatic carboxylic acids is 1. The Balaban J connectivity index is 2.35. The number of nitrogens with one attached hydrogen (secondary N) is 1. The Morgan fingerprint density at radius 1 is 1.56 bits per heavy atom. The summed E-state index contributed by atoms with van der Waals surface area (Å²) in [5, 5.41) is 8.62. The molecule has 0 saturated heterocycles. The van der Waals surface area contributed by atoms with Crippen molar-refractivity contribution in [1.82, 2.24) is 9.97 Å². The maximum atomic E-state index is 11.8. The van der Waals surface area contributed by atoms with Crippen LogP contribution in [0.15, 0.2) is 27.8 Å². The molecule has 18 heavy (non-hydrogen) atoms. The van der Waals surface area contributed by atoms with Gasteiger partial charge >= 0.3 is 5.97 Å². The molecule has 0 bridgehead atoms. The monoisotopic (exact) mass is 248 g/mol. The van der Waals surface area contributed by atoms with Gasteiger partial charge in [0, 0.05) is 17.7 Å². The molecular formula is C12H12N2O4. The number of carboxylic acid groups (broad SMARTS) is 1. The second-order valence-corrected chi connectivity index (χ2v) is 3.88. The van der Waals surface area contributed by atoms with Gasteiger partial charge in [-0.05, 0) is 19.4 Å². The highest BCUT2D eigenvalue weighted by molar-refractivity contribution is 5.67. The van der Waals surface area contributed by atoms with Crippen LogP contribution in [0.3, 0.4) is 0 Å². The minimum absolute atomic E-state index is 0.0866. The number of aryl methyl sites for hydroxylation is 1. The molecule has 6 nitrogen and oxygen atoms in total. The van der Waals surface area contributed by atoms with Crippen molar-refractivity contribution in [2.24, 2.45) is 0 Å². The highest BCUT2D eigenvalue weighted by Crippen LogP contribution is 2.15. The number of aromatic amines is 1. The third-order valence-electron chi connectivity index (χ3n) is 2.61. The number of rotatable bonds is 4. The Kier molecular flexibility index (Phi) is 3.27. The van der Waals surface area contributed by atoms with Crippen LogP contribution in [-0.4, -0.2) is 21.0 Å². The molecule has 0 saturated carbocycles. The zero-order valence-corrected chi connectivity index (χ0v) is 9.77. The average molecular weight is 248 g/mol. The first-order valence-electron chi connectivity index (χ1n) is 5.42. The first kappa shape index (κ1) is 12.1. The highest BCUT2D eigenvalue weighted by atomic mass is 16.4. The van der Waals surface area contributed by atoms with Crippen molar-refractivity contribution in [2.45, 2.75) is 19.8 Å². The number of carboxylic acids is 1. The summed E-state index contributed by atoms with van der Waals surface area (Å²) in [5.74, 6) is -0.516. The lowest BCUT2D eigenvalue weighted by Crippen LogP contribution is -2.18. The van der Waals surface area contributed by atoms with E-state index in [4.69, 9.17) is 9.52 Å². The molecule has 0 aliphatic carbocycles. The molecule has 2 aromatic heterocycles. The maximum absolute atomic E-state index is 11.8. The van der Waals surface area contributed by atoms with Gasteiger partial charge in [0.1, 0.15) is 12.1 Å². The number of hydrogen-bond donors (Lipinski definition) is 2. The Morgan fingerprint density at radius 3 is 2.89 bits per heavy atom. The smallest absolute Gasteiger partial charge is 0.303 e. The number of nitrogens with zero attached hydrogens (tertiary/aromatic N) is 1. The van der Waals surface area contributed by atoms with Crippen molar-refractivity contribution < 1.29 is 14.3 Å². The summed E-state index contributed by atoms with van der Waals surface area (Å²) < 4.78 is 4.92. The van der Waals surface area contributed by atoms with E-state index in [-0.39, 0.29) is 18.4 Å². The highest BCUT2D eigenvalue weighted by Gasteiger charge is 2.11. The Hall–Kier alpha value is -2.37. The summed E-state index contributed by atoms with van der Waals surface area (Å²) in [5.41, 5.74) is 1.32. The van der Waals surface area contributed by atoms with Crippen LogP contribution in [0.2, 0.25) is 0 Å². The lowest BCUT2D eigenvalue weighted by Gasteiger charge is -2.04. The van der Waals surface area contributed by atoms with E-state index < -0.39 is 5.97 Å².